The Labute approximate surface area is 110 Å². The van der Waals surface area contributed by atoms with Gasteiger partial charge >= 0.3 is 0 Å². The lowest BCUT2D eigenvalue weighted by Crippen LogP contribution is -2.27. The highest BCUT2D eigenvalue weighted by atomic mass is 15.1. The van der Waals surface area contributed by atoms with Crippen molar-refractivity contribution in [1.82, 2.24) is 14.8 Å². The summed E-state index contributed by atoms with van der Waals surface area (Å²) in [5.41, 5.74) is 7.79. The second kappa shape index (κ2) is 6.27. The number of aromatic nitrogens is 1. The molecule has 0 bridgehead atoms. The molecule has 0 amide bonds. The molecule has 1 fully saturated rings. The van der Waals surface area contributed by atoms with Gasteiger partial charge in [-0.3, -0.25) is 4.98 Å². The molecule has 0 aromatic carbocycles. The Balaban J connectivity index is 1.80. The first-order valence-electron chi connectivity index (χ1n) is 6.68. The predicted molar refractivity (Wildman–Crippen MR) is 74.1 cm³/mol. The minimum Gasteiger partial charge on any atom is -0.326 e. The van der Waals surface area contributed by atoms with E-state index in [0.717, 1.165) is 30.3 Å². The SMILES string of the molecule is CN1CCC(CN(C)Cc2ccc(CN)cn2)C1. The highest BCUT2D eigenvalue weighted by molar-refractivity contribution is 5.13. The molecule has 4 heteroatoms. The summed E-state index contributed by atoms with van der Waals surface area (Å²) >= 11 is 0. The largest absolute Gasteiger partial charge is 0.326 e. The zero-order valence-corrected chi connectivity index (χ0v) is 11.5. The van der Waals surface area contributed by atoms with Gasteiger partial charge < -0.3 is 15.5 Å². The summed E-state index contributed by atoms with van der Waals surface area (Å²) in [7, 11) is 4.38. The van der Waals surface area contributed by atoms with Crippen LogP contribution in [0.25, 0.3) is 0 Å². The molecular formula is C14H24N4. The number of nitrogens with zero attached hydrogens (tertiary/aromatic N) is 3. The second-order valence-corrected chi connectivity index (χ2v) is 5.48. The normalized spacial score (nSPS) is 20.8. The van der Waals surface area contributed by atoms with Crippen molar-refractivity contribution in [3.63, 3.8) is 0 Å². The fourth-order valence-corrected chi connectivity index (χ4v) is 2.63. The molecule has 1 aliphatic heterocycles. The summed E-state index contributed by atoms with van der Waals surface area (Å²) in [6.07, 6.45) is 3.20. The minimum absolute atomic E-state index is 0.567. The summed E-state index contributed by atoms with van der Waals surface area (Å²) in [6.45, 7) is 5.11. The molecule has 1 saturated heterocycles. The van der Waals surface area contributed by atoms with Gasteiger partial charge in [-0.25, -0.2) is 0 Å². The van der Waals surface area contributed by atoms with Crippen molar-refractivity contribution in [2.24, 2.45) is 11.7 Å². The van der Waals surface area contributed by atoms with Gasteiger partial charge in [0.05, 0.1) is 5.69 Å². The van der Waals surface area contributed by atoms with Crippen molar-refractivity contribution < 1.29 is 0 Å². The van der Waals surface area contributed by atoms with Gasteiger partial charge in [-0.1, -0.05) is 6.07 Å². The van der Waals surface area contributed by atoms with E-state index in [0.29, 0.717) is 6.54 Å². The molecule has 18 heavy (non-hydrogen) atoms. The number of hydrogen-bond acceptors (Lipinski definition) is 4. The topological polar surface area (TPSA) is 45.4 Å². The van der Waals surface area contributed by atoms with Gasteiger partial charge in [0.1, 0.15) is 0 Å². The Morgan fingerprint density at radius 2 is 2.33 bits per heavy atom. The quantitative estimate of drug-likeness (QED) is 0.842. The Hall–Kier alpha value is -0.970. The third-order valence-corrected chi connectivity index (χ3v) is 3.61. The summed E-state index contributed by atoms with van der Waals surface area (Å²) in [6, 6.07) is 4.15. The Morgan fingerprint density at radius 1 is 1.50 bits per heavy atom. The molecule has 0 spiro atoms. The highest BCUT2D eigenvalue weighted by Crippen LogP contribution is 2.15. The van der Waals surface area contributed by atoms with Crippen LogP contribution in [0.2, 0.25) is 0 Å². The van der Waals surface area contributed by atoms with Crippen LogP contribution in [-0.2, 0) is 13.1 Å². The van der Waals surface area contributed by atoms with Gasteiger partial charge in [0, 0.05) is 32.4 Å². The van der Waals surface area contributed by atoms with E-state index in [9.17, 15) is 0 Å². The number of rotatable bonds is 5. The van der Waals surface area contributed by atoms with Crippen molar-refractivity contribution in [2.75, 3.05) is 33.7 Å². The molecule has 4 nitrogen and oxygen atoms in total. The molecular weight excluding hydrogens is 224 g/mol. The molecule has 1 aromatic rings. The Morgan fingerprint density at radius 3 is 2.89 bits per heavy atom. The molecule has 0 saturated carbocycles. The number of likely N-dealkylation sites (tertiary alicyclic amines) is 1. The smallest absolute Gasteiger partial charge is 0.0544 e. The lowest BCUT2D eigenvalue weighted by molar-refractivity contribution is 0.265. The van der Waals surface area contributed by atoms with E-state index in [1.54, 1.807) is 0 Å². The van der Waals surface area contributed by atoms with E-state index in [1.165, 1.54) is 19.5 Å². The molecule has 1 atom stereocenters. The van der Waals surface area contributed by atoms with Crippen molar-refractivity contribution >= 4 is 0 Å². The van der Waals surface area contributed by atoms with E-state index in [4.69, 9.17) is 5.73 Å². The zero-order chi connectivity index (χ0) is 13.0. The summed E-state index contributed by atoms with van der Waals surface area (Å²) in [5.74, 6) is 0.809. The van der Waals surface area contributed by atoms with Crippen molar-refractivity contribution in [3.05, 3.63) is 29.6 Å². The van der Waals surface area contributed by atoms with Crippen LogP contribution in [0.15, 0.2) is 18.3 Å². The molecule has 2 N–H and O–H groups in total. The Kier molecular flexibility index (Phi) is 4.69. The van der Waals surface area contributed by atoms with Crippen molar-refractivity contribution in [3.8, 4) is 0 Å². The van der Waals surface area contributed by atoms with Crippen LogP contribution < -0.4 is 5.73 Å². The lowest BCUT2D eigenvalue weighted by atomic mass is 10.1. The van der Waals surface area contributed by atoms with E-state index in [-0.39, 0.29) is 0 Å². The molecule has 1 unspecified atom stereocenters. The van der Waals surface area contributed by atoms with Crippen LogP contribution in [0.1, 0.15) is 17.7 Å². The van der Waals surface area contributed by atoms with Crippen LogP contribution in [0.3, 0.4) is 0 Å². The zero-order valence-electron chi connectivity index (χ0n) is 11.5. The molecule has 1 aliphatic rings. The van der Waals surface area contributed by atoms with Gasteiger partial charge in [0.15, 0.2) is 0 Å². The predicted octanol–water partition coefficient (Wildman–Crippen LogP) is 0.924. The van der Waals surface area contributed by atoms with Crippen LogP contribution >= 0.6 is 0 Å². The van der Waals surface area contributed by atoms with Gasteiger partial charge in [-0.2, -0.15) is 0 Å². The summed E-state index contributed by atoms with van der Waals surface area (Å²) in [4.78, 5) is 9.23. The highest BCUT2D eigenvalue weighted by Gasteiger charge is 2.20. The first kappa shape index (κ1) is 13.5. The van der Waals surface area contributed by atoms with E-state index in [1.807, 2.05) is 6.20 Å². The van der Waals surface area contributed by atoms with Crippen LogP contribution in [0.4, 0.5) is 0 Å². The minimum atomic E-state index is 0.567. The number of pyridine rings is 1. The third-order valence-electron chi connectivity index (χ3n) is 3.61. The second-order valence-electron chi connectivity index (χ2n) is 5.48. The summed E-state index contributed by atoms with van der Waals surface area (Å²) in [5, 5.41) is 0. The molecule has 1 aromatic heterocycles. The average molecular weight is 248 g/mol. The van der Waals surface area contributed by atoms with Crippen molar-refractivity contribution in [1.29, 1.82) is 0 Å². The van der Waals surface area contributed by atoms with Crippen LogP contribution in [-0.4, -0.2) is 48.5 Å². The average Bonchev–Trinajstić information content (AvgIpc) is 2.75. The standard InChI is InChI=1S/C14H24N4/c1-17-6-5-13(9-17)10-18(2)11-14-4-3-12(7-15)8-16-14/h3-4,8,13H,5-7,9-11,15H2,1-2H3. The summed E-state index contributed by atoms with van der Waals surface area (Å²) < 4.78 is 0. The molecule has 100 valence electrons. The lowest BCUT2D eigenvalue weighted by Gasteiger charge is -2.20. The molecule has 0 radical (unpaired) electrons. The maximum atomic E-state index is 5.57. The van der Waals surface area contributed by atoms with E-state index >= 15 is 0 Å². The van der Waals surface area contributed by atoms with Gasteiger partial charge in [-0.15, -0.1) is 0 Å². The maximum absolute atomic E-state index is 5.57. The first-order valence-corrected chi connectivity index (χ1v) is 6.68. The number of nitrogens with two attached hydrogens (primary N) is 1. The fourth-order valence-electron chi connectivity index (χ4n) is 2.63. The van der Waals surface area contributed by atoms with Crippen LogP contribution in [0, 0.1) is 5.92 Å². The first-order chi connectivity index (χ1) is 8.67. The third kappa shape index (κ3) is 3.77. The molecule has 2 rings (SSSR count). The van der Waals surface area contributed by atoms with Crippen molar-refractivity contribution in [2.45, 2.75) is 19.5 Å². The fraction of sp³-hybridized carbons (Fsp3) is 0.643. The Bertz CT molecular complexity index is 363. The molecule has 0 aliphatic carbocycles. The molecule has 2 heterocycles. The van der Waals surface area contributed by atoms with E-state index in [2.05, 4.69) is 41.0 Å². The number of hydrogen-bond donors (Lipinski definition) is 1. The van der Waals surface area contributed by atoms with Gasteiger partial charge in [-0.05, 0) is 44.6 Å². The van der Waals surface area contributed by atoms with Crippen LogP contribution in [0.5, 0.6) is 0 Å². The maximum Gasteiger partial charge on any atom is 0.0544 e. The van der Waals surface area contributed by atoms with Gasteiger partial charge in [0.25, 0.3) is 0 Å². The van der Waals surface area contributed by atoms with E-state index < -0.39 is 0 Å². The monoisotopic (exact) mass is 248 g/mol. The van der Waals surface area contributed by atoms with Gasteiger partial charge in [0.2, 0.25) is 0 Å².